The third-order valence-electron chi connectivity index (χ3n) is 4.95. The van der Waals surface area contributed by atoms with E-state index in [1.165, 1.54) is 4.90 Å². The predicted molar refractivity (Wildman–Crippen MR) is 125 cm³/mol. The van der Waals surface area contributed by atoms with Crippen LogP contribution >= 0.6 is 11.8 Å². The highest BCUT2D eigenvalue weighted by molar-refractivity contribution is 7.99. The molecule has 0 saturated heterocycles. The van der Waals surface area contributed by atoms with Gasteiger partial charge in [-0.2, -0.15) is 0 Å². The number of carbonyl (C=O) groups is 2. The number of methoxy groups -OCH3 is 1. The minimum absolute atomic E-state index is 0.161. The van der Waals surface area contributed by atoms with Crippen molar-refractivity contribution in [3.05, 3.63) is 78.4 Å². The normalized spacial score (nSPS) is 12.6. The molecule has 3 aromatic carbocycles. The molecule has 0 bridgehead atoms. The number of rotatable bonds is 6. The molecule has 6 nitrogen and oxygen atoms in total. The van der Waals surface area contributed by atoms with Gasteiger partial charge in [0, 0.05) is 22.9 Å². The van der Waals surface area contributed by atoms with Gasteiger partial charge in [-0.15, -0.1) is 11.8 Å². The van der Waals surface area contributed by atoms with E-state index in [0.29, 0.717) is 22.7 Å². The van der Waals surface area contributed by atoms with E-state index in [2.05, 4.69) is 21.6 Å². The Morgan fingerprint density at radius 2 is 1.71 bits per heavy atom. The molecular formula is C24H23N3O3S. The van der Waals surface area contributed by atoms with Gasteiger partial charge in [-0.1, -0.05) is 24.3 Å². The highest BCUT2D eigenvalue weighted by Gasteiger charge is 2.20. The summed E-state index contributed by atoms with van der Waals surface area (Å²) >= 11 is 1.80. The minimum atomic E-state index is -0.291. The van der Waals surface area contributed by atoms with Gasteiger partial charge in [0.05, 0.1) is 30.6 Å². The van der Waals surface area contributed by atoms with Gasteiger partial charge in [0.2, 0.25) is 5.91 Å². The van der Waals surface area contributed by atoms with Crippen molar-refractivity contribution in [3.8, 4) is 5.75 Å². The lowest BCUT2D eigenvalue weighted by atomic mass is 10.1. The van der Waals surface area contributed by atoms with Gasteiger partial charge in [0.15, 0.2) is 0 Å². The van der Waals surface area contributed by atoms with Gasteiger partial charge in [0.25, 0.3) is 5.91 Å². The molecule has 0 atom stereocenters. The van der Waals surface area contributed by atoms with Crippen molar-refractivity contribution < 1.29 is 14.3 Å². The van der Waals surface area contributed by atoms with Crippen LogP contribution in [0.3, 0.4) is 0 Å². The van der Waals surface area contributed by atoms with Crippen molar-refractivity contribution in [2.75, 3.05) is 41.5 Å². The summed E-state index contributed by atoms with van der Waals surface area (Å²) in [6, 6.07) is 22.2. The molecule has 0 radical (unpaired) electrons. The molecule has 0 spiro atoms. The average Bonchev–Trinajstić information content (AvgIpc) is 2.80. The number of anilines is 3. The molecule has 3 aromatic rings. The zero-order chi connectivity index (χ0) is 21.6. The minimum Gasteiger partial charge on any atom is -0.497 e. The molecule has 2 N–H and O–H groups in total. The average molecular weight is 434 g/mol. The van der Waals surface area contributed by atoms with Crippen LogP contribution in [0.5, 0.6) is 5.75 Å². The third kappa shape index (κ3) is 5.00. The van der Waals surface area contributed by atoms with E-state index in [-0.39, 0.29) is 18.4 Å². The largest absolute Gasteiger partial charge is 0.497 e. The molecule has 2 amide bonds. The van der Waals surface area contributed by atoms with Crippen molar-refractivity contribution >= 4 is 40.6 Å². The van der Waals surface area contributed by atoms with Gasteiger partial charge < -0.3 is 20.3 Å². The number of nitrogens with one attached hydrogen (secondary N) is 2. The van der Waals surface area contributed by atoms with Gasteiger partial charge in [-0.05, 0) is 48.5 Å². The van der Waals surface area contributed by atoms with Gasteiger partial charge in [0.1, 0.15) is 5.75 Å². The standard InChI is InChI=1S/C24H23N3O3S/c1-30-18-12-10-17(11-13-18)25-24(29)19-6-2-3-7-20(19)26-23(28)16-27-14-15-31-22-9-5-4-8-21(22)27/h2-13H,14-16H2,1H3,(H,25,29)(H,26,28). The number of nitrogens with zero attached hydrogens (tertiary/aromatic N) is 1. The number of hydrogen-bond donors (Lipinski definition) is 2. The predicted octanol–water partition coefficient (Wildman–Crippen LogP) is 4.50. The fourth-order valence-electron chi connectivity index (χ4n) is 3.42. The SMILES string of the molecule is COc1ccc(NC(=O)c2ccccc2NC(=O)CN2CCSc3ccccc32)cc1. The third-order valence-corrected chi connectivity index (χ3v) is 6.00. The van der Waals surface area contributed by atoms with E-state index in [4.69, 9.17) is 4.74 Å². The molecule has 4 rings (SSSR count). The molecule has 0 aliphatic carbocycles. The summed E-state index contributed by atoms with van der Waals surface area (Å²) in [5.74, 6) is 1.20. The molecular weight excluding hydrogens is 410 g/mol. The maximum atomic E-state index is 12.8. The van der Waals surface area contributed by atoms with Crippen LogP contribution in [0.1, 0.15) is 10.4 Å². The zero-order valence-corrected chi connectivity index (χ0v) is 17.9. The Morgan fingerprint density at radius 1 is 0.968 bits per heavy atom. The summed E-state index contributed by atoms with van der Waals surface area (Å²) in [6.07, 6.45) is 0. The van der Waals surface area contributed by atoms with E-state index >= 15 is 0 Å². The quantitative estimate of drug-likeness (QED) is 0.599. The summed E-state index contributed by atoms with van der Waals surface area (Å²) < 4.78 is 5.14. The molecule has 1 aliphatic rings. The molecule has 1 heterocycles. The summed E-state index contributed by atoms with van der Waals surface area (Å²) in [5.41, 5.74) is 2.60. The van der Waals surface area contributed by atoms with Crippen LogP contribution in [0, 0.1) is 0 Å². The first-order chi connectivity index (χ1) is 15.1. The van der Waals surface area contributed by atoms with Crippen LogP contribution in [0.25, 0.3) is 0 Å². The van der Waals surface area contributed by atoms with Crippen LogP contribution in [-0.2, 0) is 4.79 Å². The van der Waals surface area contributed by atoms with E-state index in [0.717, 1.165) is 18.0 Å². The molecule has 0 aromatic heterocycles. The molecule has 158 valence electrons. The van der Waals surface area contributed by atoms with Crippen LogP contribution in [0.2, 0.25) is 0 Å². The summed E-state index contributed by atoms with van der Waals surface area (Å²) in [7, 11) is 1.59. The Hall–Kier alpha value is -3.45. The number of ether oxygens (including phenoxy) is 1. The Kier molecular flexibility index (Phi) is 6.43. The van der Waals surface area contributed by atoms with E-state index in [1.54, 1.807) is 67.4 Å². The highest BCUT2D eigenvalue weighted by Crippen LogP contribution is 2.34. The number of hydrogen-bond acceptors (Lipinski definition) is 5. The topological polar surface area (TPSA) is 70.7 Å². The Balaban J connectivity index is 1.45. The number of carbonyl (C=O) groups excluding carboxylic acids is 2. The Labute approximate surface area is 185 Å². The van der Waals surface area contributed by atoms with Crippen molar-refractivity contribution in [2.24, 2.45) is 0 Å². The zero-order valence-electron chi connectivity index (χ0n) is 17.1. The van der Waals surface area contributed by atoms with Gasteiger partial charge in [-0.3, -0.25) is 9.59 Å². The monoisotopic (exact) mass is 433 g/mol. The number of amides is 2. The lowest BCUT2D eigenvalue weighted by Gasteiger charge is -2.30. The molecule has 0 unspecified atom stereocenters. The fourth-order valence-corrected chi connectivity index (χ4v) is 4.47. The second kappa shape index (κ2) is 9.57. The first-order valence-corrected chi connectivity index (χ1v) is 10.9. The smallest absolute Gasteiger partial charge is 0.257 e. The summed E-state index contributed by atoms with van der Waals surface area (Å²) in [5, 5.41) is 5.76. The van der Waals surface area contributed by atoms with Crippen molar-refractivity contribution in [1.82, 2.24) is 0 Å². The number of para-hydroxylation sites is 2. The number of fused-ring (bicyclic) bond motifs is 1. The van der Waals surface area contributed by atoms with Crippen molar-refractivity contribution in [1.29, 1.82) is 0 Å². The van der Waals surface area contributed by atoms with Gasteiger partial charge >= 0.3 is 0 Å². The Bertz CT molecular complexity index is 1090. The molecule has 7 heteroatoms. The lowest BCUT2D eigenvalue weighted by molar-refractivity contribution is -0.115. The molecule has 0 saturated carbocycles. The highest BCUT2D eigenvalue weighted by atomic mass is 32.2. The van der Waals surface area contributed by atoms with Crippen LogP contribution in [0.15, 0.2) is 77.7 Å². The summed E-state index contributed by atoms with van der Waals surface area (Å²) in [6.45, 7) is 1.03. The first kappa shape index (κ1) is 20.8. The second-order valence-corrected chi connectivity index (χ2v) is 8.15. The van der Waals surface area contributed by atoms with Crippen molar-refractivity contribution in [3.63, 3.8) is 0 Å². The first-order valence-electron chi connectivity index (χ1n) is 9.95. The van der Waals surface area contributed by atoms with Crippen molar-refractivity contribution in [2.45, 2.75) is 4.90 Å². The Morgan fingerprint density at radius 3 is 2.52 bits per heavy atom. The van der Waals surface area contributed by atoms with E-state index < -0.39 is 0 Å². The fraction of sp³-hybridized carbons (Fsp3) is 0.167. The second-order valence-electron chi connectivity index (χ2n) is 7.01. The molecule has 1 aliphatic heterocycles. The molecule has 31 heavy (non-hydrogen) atoms. The maximum Gasteiger partial charge on any atom is 0.257 e. The number of benzene rings is 3. The van der Waals surface area contributed by atoms with E-state index in [9.17, 15) is 9.59 Å². The van der Waals surface area contributed by atoms with Crippen LogP contribution < -0.4 is 20.3 Å². The van der Waals surface area contributed by atoms with E-state index in [1.807, 2.05) is 18.2 Å². The lowest BCUT2D eigenvalue weighted by Crippen LogP contribution is -2.37. The van der Waals surface area contributed by atoms with Crippen LogP contribution in [-0.4, -0.2) is 37.8 Å². The maximum absolute atomic E-state index is 12.8. The van der Waals surface area contributed by atoms with Gasteiger partial charge in [-0.25, -0.2) is 0 Å². The molecule has 0 fully saturated rings. The number of thioether (sulfide) groups is 1. The van der Waals surface area contributed by atoms with Crippen LogP contribution in [0.4, 0.5) is 17.1 Å². The summed E-state index contributed by atoms with van der Waals surface area (Å²) in [4.78, 5) is 28.9.